The molecule has 0 saturated heterocycles. The fraction of sp³-hybridized carbons (Fsp3) is 0.174. The minimum Gasteiger partial charge on any atom is -0.494 e. The fourth-order valence-electron chi connectivity index (χ4n) is 3.22. The van der Waals surface area contributed by atoms with Crippen molar-refractivity contribution in [3.63, 3.8) is 0 Å². The van der Waals surface area contributed by atoms with E-state index in [1.54, 1.807) is 37.3 Å². The first-order chi connectivity index (χ1) is 15.0. The third-order valence-corrected chi connectivity index (χ3v) is 6.47. The van der Waals surface area contributed by atoms with Crippen molar-refractivity contribution in [3.05, 3.63) is 77.9 Å². The Kier molecular flexibility index (Phi) is 6.59. The number of carboxylic acid groups (broad SMARTS) is 1. The highest BCUT2D eigenvalue weighted by Crippen LogP contribution is 2.39. The third kappa shape index (κ3) is 4.94. The number of halogens is 3. The summed E-state index contributed by atoms with van der Waals surface area (Å²) < 4.78 is 73.0. The summed E-state index contributed by atoms with van der Waals surface area (Å²) in [5, 5.41) is 9.03. The summed E-state index contributed by atoms with van der Waals surface area (Å²) in [6, 6.07) is 14.8. The molecule has 0 aliphatic heterocycles. The maximum absolute atomic E-state index is 13.7. The Morgan fingerprint density at radius 2 is 1.66 bits per heavy atom. The van der Waals surface area contributed by atoms with Gasteiger partial charge >= 0.3 is 12.1 Å². The number of carbonyl (C=O) groups is 1. The molecule has 0 fully saturated rings. The summed E-state index contributed by atoms with van der Waals surface area (Å²) in [4.78, 5) is 9.74. The van der Waals surface area contributed by atoms with E-state index in [1.807, 2.05) is 0 Å². The number of hydrogen-bond donors (Lipinski definition) is 1. The SMILES string of the molecule is CCOc1cc(S(=O)(=O)c2cc(-c3ccccc3)ccc2C(F)(F)F)ccc1CC(=O)O. The van der Waals surface area contributed by atoms with E-state index in [2.05, 4.69) is 0 Å². The van der Waals surface area contributed by atoms with E-state index in [-0.39, 0.29) is 17.9 Å². The Balaban J connectivity index is 2.20. The average molecular weight is 464 g/mol. The van der Waals surface area contributed by atoms with Gasteiger partial charge in [-0.15, -0.1) is 0 Å². The van der Waals surface area contributed by atoms with Gasteiger partial charge in [-0.2, -0.15) is 13.2 Å². The molecule has 0 amide bonds. The van der Waals surface area contributed by atoms with Crippen molar-refractivity contribution in [2.24, 2.45) is 0 Å². The normalized spacial score (nSPS) is 11.9. The molecule has 9 heteroatoms. The van der Waals surface area contributed by atoms with Crippen molar-refractivity contribution < 1.29 is 36.2 Å². The first-order valence-electron chi connectivity index (χ1n) is 9.53. The Morgan fingerprint density at radius 1 is 0.969 bits per heavy atom. The van der Waals surface area contributed by atoms with Gasteiger partial charge in [0.2, 0.25) is 9.84 Å². The van der Waals surface area contributed by atoms with Crippen LogP contribution in [0.25, 0.3) is 11.1 Å². The Hall–Kier alpha value is -3.33. The van der Waals surface area contributed by atoms with Crippen molar-refractivity contribution in [2.75, 3.05) is 6.61 Å². The number of hydrogen-bond acceptors (Lipinski definition) is 4. The highest BCUT2D eigenvalue weighted by Gasteiger charge is 2.38. The Bertz CT molecular complexity index is 1240. The van der Waals surface area contributed by atoms with Crippen LogP contribution >= 0.6 is 0 Å². The number of benzene rings is 3. The van der Waals surface area contributed by atoms with Crippen LogP contribution in [0.1, 0.15) is 18.1 Å². The van der Waals surface area contributed by atoms with Crippen molar-refractivity contribution in [1.29, 1.82) is 0 Å². The zero-order valence-electron chi connectivity index (χ0n) is 16.9. The summed E-state index contributed by atoms with van der Waals surface area (Å²) in [6.45, 7) is 1.74. The maximum atomic E-state index is 13.7. The molecule has 5 nitrogen and oxygen atoms in total. The summed E-state index contributed by atoms with van der Waals surface area (Å²) in [7, 11) is -4.62. The van der Waals surface area contributed by atoms with Gasteiger partial charge in [-0.1, -0.05) is 42.5 Å². The van der Waals surface area contributed by atoms with Crippen LogP contribution in [-0.4, -0.2) is 26.1 Å². The zero-order chi connectivity index (χ0) is 23.5. The molecule has 0 atom stereocenters. The highest BCUT2D eigenvalue weighted by atomic mass is 32.2. The molecule has 3 aromatic carbocycles. The van der Waals surface area contributed by atoms with Crippen molar-refractivity contribution in [3.8, 4) is 16.9 Å². The molecule has 168 valence electrons. The quantitative estimate of drug-likeness (QED) is 0.518. The second-order valence-corrected chi connectivity index (χ2v) is 8.77. The Morgan fingerprint density at radius 3 is 2.25 bits per heavy atom. The number of ether oxygens (including phenoxy) is 1. The predicted octanol–water partition coefficient (Wildman–Crippen LogP) is 5.23. The Labute approximate surface area is 183 Å². The van der Waals surface area contributed by atoms with Crippen LogP contribution < -0.4 is 4.74 Å². The van der Waals surface area contributed by atoms with E-state index in [1.165, 1.54) is 12.1 Å². The number of aliphatic carboxylic acids is 1. The first kappa shape index (κ1) is 23.3. The van der Waals surface area contributed by atoms with Crippen molar-refractivity contribution in [1.82, 2.24) is 0 Å². The highest BCUT2D eigenvalue weighted by molar-refractivity contribution is 7.91. The lowest BCUT2D eigenvalue weighted by molar-refractivity contribution is -0.140. The lowest BCUT2D eigenvalue weighted by Crippen LogP contribution is -2.14. The van der Waals surface area contributed by atoms with E-state index < -0.39 is 43.8 Å². The molecule has 0 aromatic heterocycles. The van der Waals surface area contributed by atoms with Gasteiger partial charge in [0, 0.05) is 5.56 Å². The standard InChI is InChI=1S/C23H19F3O5S/c1-2-31-20-14-18(10-8-17(20)13-22(27)28)32(29,30)21-12-16(15-6-4-3-5-7-15)9-11-19(21)23(24,25)26/h3-12,14H,2,13H2,1H3,(H,27,28). The average Bonchev–Trinajstić information content (AvgIpc) is 2.74. The molecule has 3 aromatic rings. The van der Waals surface area contributed by atoms with E-state index in [0.29, 0.717) is 11.1 Å². The van der Waals surface area contributed by atoms with Gasteiger partial charge in [0.1, 0.15) is 5.75 Å². The van der Waals surface area contributed by atoms with Gasteiger partial charge in [0.25, 0.3) is 0 Å². The van der Waals surface area contributed by atoms with Gasteiger partial charge in [-0.3, -0.25) is 4.79 Å². The van der Waals surface area contributed by atoms with Crippen LogP contribution in [0.15, 0.2) is 76.5 Å². The molecule has 0 heterocycles. The van der Waals surface area contributed by atoms with Crippen LogP contribution in [0.4, 0.5) is 13.2 Å². The molecule has 0 aliphatic carbocycles. The fourth-order valence-corrected chi connectivity index (χ4v) is 4.74. The van der Waals surface area contributed by atoms with Gasteiger partial charge in [0.05, 0.1) is 28.4 Å². The lowest BCUT2D eigenvalue weighted by Gasteiger charge is -2.16. The van der Waals surface area contributed by atoms with Crippen LogP contribution in [0.3, 0.4) is 0 Å². The molecule has 0 spiro atoms. The van der Waals surface area contributed by atoms with Crippen LogP contribution in [0.5, 0.6) is 5.75 Å². The first-order valence-corrected chi connectivity index (χ1v) is 11.0. The summed E-state index contributed by atoms with van der Waals surface area (Å²) >= 11 is 0. The molecule has 0 saturated carbocycles. The second-order valence-electron chi connectivity index (χ2n) is 6.85. The van der Waals surface area contributed by atoms with Gasteiger partial charge in [-0.25, -0.2) is 8.42 Å². The van der Waals surface area contributed by atoms with E-state index >= 15 is 0 Å². The topological polar surface area (TPSA) is 80.7 Å². The molecule has 32 heavy (non-hydrogen) atoms. The van der Waals surface area contributed by atoms with Gasteiger partial charge in [-0.05, 0) is 42.3 Å². The largest absolute Gasteiger partial charge is 0.494 e. The molecule has 0 bridgehead atoms. The molecule has 1 N–H and O–H groups in total. The van der Waals surface area contributed by atoms with E-state index in [9.17, 15) is 26.4 Å². The zero-order valence-corrected chi connectivity index (χ0v) is 17.7. The summed E-state index contributed by atoms with van der Waals surface area (Å²) in [5.41, 5.74) is -0.202. The molecule has 3 rings (SSSR count). The lowest BCUT2D eigenvalue weighted by atomic mass is 10.0. The number of rotatable bonds is 7. The van der Waals surface area contributed by atoms with Gasteiger partial charge < -0.3 is 9.84 Å². The molecule has 0 unspecified atom stereocenters. The summed E-state index contributed by atoms with van der Waals surface area (Å²) in [5.74, 6) is -1.17. The number of sulfone groups is 1. The van der Waals surface area contributed by atoms with E-state index in [0.717, 1.165) is 24.3 Å². The van der Waals surface area contributed by atoms with E-state index in [4.69, 9.17) is 9.84 Å². The predicted molar refractivity (Wildman–Crippen MR) is 111 cm³/mol. The van der Waals surface area contributed by atoms with Gasteiger partial charge in [0.15, 0.2) is 0 Å². The van der Waals surface area contributed by atoms with Crippen molar-refractivity contribution in [2.45, 2.75) is 29.3 Å². The van der Waals surface area contributed by atoms with Crippen molar-refractivity contribution >= 4 is 15.8 Å². The van der Waals surface area contributed by atoms with Crippen LogP contribution in [-0.2, 0) is 27.2 Å². The summed E-state index contributed by atoms with van der Waals surface area (Å²) in [6.07, 6.45) is -5.32. The minimum absolute atomic E-state index is 0.0104. The number of alkyl halides is 3. The number of carboxylic acids is 1. The monoisotopic (exact) mass is 464 g/mol. The molecule has 0 radical (unpaired) electrons. The maximum Gasteiger partial charge on any atom is 0.417 e. The molecular weight excluding hydrogens is 445 g/mol. The van der Waals surface area contributed by atoms with Crippen LogP contribution in [0, 0.1) is 0 Å². The van der Waals surface area contributed by atoms with Crippen LogP contribution in [0.2, 0.25) is 0 Å². The molecule has 0 aliphatic rings. The third-order valence-electron chi connectivity index (χ3n) is 4.67. The smallest absolute Gasteiger partial charge is 0.417 e. The second kappa shape index (κ2) is 9.04. The molecular formula is C23H19F3O5S. The minimum atomic E-state index is -4.90.